The van der Waals surface area contributed by atoms with Gasteiger partial charge in [0.1, 0.15) is 0 Å². The molecule has 0 aromatic carbocycles. The van der Waals surface area contributed by atoms with Crippen LogP contribution in [0.1, 0.15) is 34.6 Å². The number of aliphatic carboxylic acids is 1. The zero-order valence-corrected chi connectivity index (χ0v) is 13.8. The number of carboxylic acid groups (broad SMARTS) is 1. The standard InChI is InChI=1S/C18H26O3/c1-7-8-13(2)12-17(16(5)18(19)20)10-9-14(3)11-15(4)21-6/h7-12,16H,1-6H3,(H,19,20)/b8-7-,13-12+,14-9+,15-11+,17-10+. The van der Waals surface area contributed by atoms with Crippen LogP contribution < -0.4 is 0 Å². The quantitative estimate of drug-likeness (QED) is 0.548. The Morgan fingerprint density at radius 2 is 1.71 bits per heavy atom. The lowest BCUT2D eigenvalue weighted by Crippen LogP contribution is -2.11. The van der Waals surface area contributed by atoms with E-state index in [1.165, 1.54) is 0 Å². The van der Waals surface area contributed by atoms with E-state index in [-0.39, 0.29) is 0 Å². The molecule has 0 rings (SSSR count). The van der Waals surface area contributed by atoms with E-state index in [2.05, 4.69) is 0 Å². The first-order valence-electron chi connectivity index (χ1n) is 6.96. The number of hydrogen-bond donors (Lipinski definition) is 1. The van der Waals surface area contributed by atoms with Crippen LogP contribution in [0.15, 0.2) is 58.9 Å². The van der Waals surface area contributed by atoms with Gasteiger partial charge >= 0.3 is 5.97 Å². The van der Waals surface area contributed by atoms with Crippen LogP contribution in [0, 0.1) is 5.92 Å². The van der Waals surface area contributed by atoms with Crippen LogP contribution in [0.5, 0.6) is 0 Å². The van der Waals surface area contributed by atoms with Crippen LogP contribution in [-0.2, 0) is 9.53 Å². The van der Waals surface area contributed by atoms with Gasteiger partial charge in [0.15, 0.2) is 0 Å². The highest BCUT2D eigenvalue weighted by molar-refractivity contribution is 5.74. The number of carboxylic acids is 1. The SMILES string of the molecule is C\C=C/C(C)=C/C(=C\C=C(C)\C=C(/C)OC)C(C)C(=O)O. The fraction of sp³-hybridized carbons (Fsp3) is 0.389. The van der Waals surface area contributed by atoms with Gasteiger partial charge in [-0.15, -0.1) is 0 Å². The van der Waals surface area contributed by atoms with E-state index in [1.807, 2.05) is 64.2 Å². The summed E-state index contributed by atoms with van der Waals surface area (Å²) in [5.74, 6) is -0.576. The second kappa shape index (κ2) is 9.81. The van der Waals surface area contributed by atoms with Crippen molar-refractivity contribution in [1.29, 1.82) is 0 Å². The van der Waals surface area contributed by atoms with Crippen molar-refractivity contribution in [1.82, 2.24) is 0 Å². The van der Waals surface area contributed by atoms with Gasteiger partial charge in [0.2, 0.25) is 0 Å². The summed E-state index contributed by atoms with van der Waals surface area (Å²) in [5, 5.41) is 9.20. The summed E-state index contributed by atoms with van der Waals surface area (Å²) < 4.78 is 5.09. The Hall–Kier alpha value is -2.03. The molecule has 1 unspecified atom stereocenters. The molecule has 0 aliphatic carbocycles. The van der Waals surface area contributed by atoms with E-state index in [0.29, 0.717) is 0 Å². The molecule has 0 saturated heterocycles. The molecular formula is C18H26O3. The normalized spacial score (nSPS) is 16.3. The molecule has 1 N–H and O–H groups in total. The molecular weight excluding hydrogens is 264 g/mol. The fourth-order valence-electron chi connectivity index (χ4n) is 1.69. The lowest BCUT2D eigenvalue weighted by atomic mass is 9.98. The van der Waals surface area contributed by atoms with E-state index < -0.39 is 11.9 Å². The number of ether oxygens (including phenoxy) is 1. The lowest BCUT2D eigenvalue weighted by Gasteiger charge is -2.08. The third-order valence-corrected chi connectivity index (χ3v) is 2.99. The van der Waals surface area contributed by atoms with Crippen molar-refractivity contribution in [3.05, 3.63) is 58.9 Å². The average molecular weight is 290 g/mol. The Morgan fingerprint density at radius 1 is 1.10 bits per heavy atom. The summed E-state index contributed by atoms with van der Waals surface area (Å²) in [7, 11) is 1.62. The molecule has 1 atom stereocenters. The van der Waals surface area contributed by atoms with Gasteiger partial charge < -0.3 is 9.84 Å². The Labute approximate surface area is 128 Å². The molecule has 0 saturated carbocycles. The summed E-state index contributed by atoms with van der Waals surface area (Å²) in [6.45, 7) is 9.40. The second-order valence-electron chi connectivity index (χ2n) is 4.98. The van der Waals surface area contributed by atoms with Gasteiger partial charge in [-0.1, -0.05) is 36.0 Å². The van der Waals surface area contributed by atoms with Crippen molar-refractivity contribution in [2.24, 2.45) is 5.92 Å². The summed E-state index contributed by atoms with van der Waals surface area (Å²) in [4.78, 5) is 11.2. The maximum Gasteiger partial charge on any atom is 0.310 e. The second-order valence-corrected chi connectivity index (χ2v) is 4.98. The first kappa shape index (κ1) is 19.0. The number of hydrogen-bond acceptors (Lipinski definition) is 2. The first-order chi connectivity index (χ1) is 9.81. The molecule has 3 nitrogen and oxygen atoms in total. The molecule has 0 aliphatic heterocycles. The zero-order valence-electron chi connectivity index (χ0n) is 13.8. The van der Waals surface area contributed by atoms with Gasteiger partial charge in [0, 0.05) is 0 Å². The van der Waals surface area contributed by atoms with Gasteiger partial charge in [-0.3, -0.25) is 4.79 Å². The lowest BCUT2D eigenvalue weighted by molar-refractivity contribution is -0.139. The highest BCUT2D eigenvalue weighted by Gasteiger charge is 2.14. The maximum absolute atomic E-state index is 11.2. The van der Waals surface area contributed by atoms with E-state index in [1.54, 1.807) is 14.0 Å². The third kappa shape index (κ3) is 7.98. The van der Waals surface area contributed by atoms with Gasteiger partial charge in [0.25, 0.3) is 0 Å². The highest BCUT2D eigenvalue weighted by Crippen LogP contribution is 2.16. The molecule has 0 amide bonds. The van der Waals surface area contributed by atoms with Crippen molar-refractivity contribution < 1.29 is 14.6 Å². The van der Waals surface area contributed by atoms with Gasteiger partial charge in [-0.2, -0.15) is 0 Å². The topological polar surface area (TPSA) is 46.5 Å². The average Bonchev–Trinajstić information content (AvgIpc) is 2.42. The predicted octanol–water partition coefficient (Wildman–Crippen LogP) is 4.65. The smallest absolute Gasteiger partial charge is 0.310 e. The molecule has 116 valence electrons. The highest BCUT2D eigenvalue weighted by atomic mass is 16.5. The van der Waals surface area contributed by atoms with E-state index >= 15 is 0 Å². The number of rotatable bonds is 7. The number of methoxy groups -OCH3 is 1. The third-order valence-electron chi connectivity index (χ3n) is 2.99. The van der Waals surface area contributed by atoms with Crippen LogP contribution in [-0.4, -0.2) is 18.2 Å². The van der Waals surface area contributed by atoms with E-state index in [4.69, 9.17) is 4.74 Å². The van der Waals surface area contributed by atoms with Crippen molar-refractivity contribution in [3.63, 3.8) is 0 Å². The Bertz CT molecular complexity index is 503. The Kier molecular flexibility index (Phi) is 8.86. The monoisotopic (exact) mass is 290 g/mol. The van der Waals surface area contributed by atoms with Crippen LogP contribution in [0.3, 0.4) is 0 Å². The largest absolute Gasteiger partial charge is 0.501 e. The zero-order chi connectivity index (χ0) is 16.4. The van der Waals surface area contributed by atoms with E-state index in [0.717, 1.165) is 22.5 Å². The maximum atomic E-state index is 11.2. The summed E-state index contributed by atoms with van der Waals surface area (Å²) in [6.07, 6.45) is 11.4. The van der Waals surface area contributed by atoms with Gasteiger partial charge in [-0.25, -0.2) is 0 Å². The van der Waals surface area contributed by atoms with Crippen LogP contribution >= 0.6 is 0 Å². The minimum atomic E-state index is -0.833. The van der Waals surface area contributed by atoms with Crippen LogP contribution in [0.4, 0.5) is 0 Å². The Morgan fingerprint density at radius 3 is 2.19 bits per heavy atom. The molecule has 0 aromatic heterocycles. The van der Waals surface area contributed by atoms with Crippen molar-refractivity contribution >= 4 is 5.97 Å². The van der Waals surface area contributed by atoms with Gasteiger partial charge in [0.05, 0.1) is 18.8 Å². The van der Waals surface area contributed by atoms with Crippen molar-refractivity contribution in [2.45, 2.75) is 34.6 Å². The number of carbonyl (C=O) groups is 1. The minimum Gasteiger partial charge on any atom is -0.501 e. The molecule has 0 aromatic rings. The summed E-state index contributed by atoms with van der Waals surface area (Å²) in [6, 6.07) is 0. The molecule has 0 fully saturated rings. The predicted molar refractivity (Wildman–Crippen MR) is 88.0 cm³/mol. The molecule has 0 spiro atoms. The summed E-state index contributed by atoms with van der Waals surface area (Å²) in [5.41, 5.74) is 2.79. The van der Waals surface area contributed by atoms with Crippen LogP contribution in [0.2, 0.25) is 0 Å². The molecule has 21 heavy (non-hydrogen) atoms. The molecule has 0 aliphatic rings. The molecule has 0 bridgehead atoms. The van der Waals surface area contributed by atoms with Crippen molar-refractivity contribution in [3.8, 4) is 0 Å². The fourth-order valence-corrected chi connectivity index (χ4v) is 1.69. The Balaban J connectivity index is 5.50. The number of allylic oxidation sites excluding steroid dienone is 9. The van der Waals surface area contributed by atoms with Crippen molar-refractivity contribution in [2.75, 3.05) is 7.11 Å². The molecule has 0 heterocycles. The van der Waals surface area contributed by atoms with Gasteiger partial charge in [-0.05, 0) is 51.8 Å². The summed E-state index contributed by atoms with van der Waals surface area (Å²) >= 11 is 0. The van der Waals surface area contributed by atoms with E-state index in [9.17, 15) is 9.90 Å². The van der Waals surface area contributed by atoms with Crippen LogP contribution in [0.25, 0.3) is 0 Å². The minimum absolute atomic E-state index is 0.554. The molecule has 0 radical (unpaired) electrons. The first-order valence-corrected chi connectivity index (χ1v) is 6.96. The molecule has 3 heteroatoms.